The number of thioether (sulfide) groups is 1. The van der Waals surface area contributed by atoms with Crippen LogP contribution in [0.5, 0.6) is 0 Å². The molecule has 0 saturated heterocycles. The molecule has 5 N–H and O–H groups in total. The lowest BCUT2D eigenvalue weighted by molar-refractivity contribution is -0.250. The van der Waals surface area contributed by atoms with Gasteiger partial charge in [0, 0.05) is 22.3 Å². The smallest absolute Gasteiger partial charge is 0.403 e. The van der Waals surface area contributed by atoms with E-state index in [1.165, 1.54) is 30.8 Å². The summed E-state index contributed by atoms with van der Waals surface area (Å²) in [6.45, 7) is 1.30. The topological polar surface area (TPSA) is 93.3 Å². The van der Waals surface area contributed by atoms with Gasteiger partial charge in [0.2, 0.25) is 5.60 Å². The summed E-state index contributed by atoms with van der Waals surface area (Å²) in [7, 11) is 0. The van der Waals surface area contributed by atoms with Crippen molar-refractivity contribution < 1.29 is 31.4 Å². The van der Waals surface area contributed by atoms with Gasteiger partial charge >= 0.3 is 12.4 Å². The van der Waals surface area contributed by atoms with Gasteiger partial charge in [0.1, 0.15) is 5.82 Å². The Morgan fingerprint density at radius 1 is 1.00 bits per heavy atom. The minimum absolute atomic E-state index is 0.0530. The molecule has 0 spiro atoms. The van der Waals surface area contributed by atoms with Crippen LogP contribution < -0.4 is 16.6 Å². The molecule has 4 aromatic rings. The van der Waals surface area contributed by atoms with Crippen LogP contribution in [0.3, 0.4) is 0 Å². The van der Waals surface area contributed by atoms with Crippen molar-refractivity contribution in [2.75, 3.05) is 11.3 Å². The Kier molecular flexibility index (Phi) is 8.61. The second-order valence-corrected chi connectivity index (χ2v) is 10.4. The Morgan fingerprint density at radius 3 is 2.19 bits per heavy atom. The molecular formula is C28H24ClF6N5OS. The van der Waals surface area contributed by atoms with Crippen molar-refractivity contribution >= 4 is 29.1 Å². The van der Waals surface area contributed by atoms with Gasteiger partial charge in [-0.3, -0.25) is 5.01 Å². The number of hydrogen-bond donors (Lipinski definition) is 3. The predicted molar refractivity (Wildman–Crippen MR) is 151 cm³/mol. The van der Waals surface area contributed by atoms with Crippen LogP contribution in [-0.4, -0.2) is 27.1 Å². The summed E-state index contributed by atoms with van der Waals surface area (Å²) in [4.78, 5) is 4.45. The molecule has 0 aliphatic heterocycles. The van der Waals surface area contributed by atoms with Gasteiger partial charge in [0.15, 0.2) is 5.69 Å². The standard InChI is InChI=1S/C28H24ClF6N5OS/c1-16-38-24(27(30,31)32)15-39(16)22-11-6-18(17-4-3-5-21(12-17)42-2)13-23(22)40(37)25(14-36)26(41,28(33,34)35)19-7-9-20(29)10-8-19/h3-15,41H,36-37H2,1-2H3/b25-14-. The molecule has 42 heavy (non-hydrogen) atoms. The number of imidazole rings is 1. The molecule has 0 radical (unpaired) electrons. The average Bonchev–Trinajstić information content (AvgIpc) is 3.34. The third-order valence-corrected chi connectivity index (χ3v) is 7.51. The van der Waals surface area contributed by atoms with Crippen LogP contribution in [0.25, 0.3) is 16.8 Å². The molecule has 0 amide bonds. The van der Waals surface area contributed by atoms with Crippen molar-refractivity contribution in [3.05, 3.63) is 107 Å². The predicted octanol–water partition coefficient (Wildman–Crippen LogP) is 7.17. The molecule has 0 fully saturated rings. The first-order valence-electron chi connectivity index (χ1n) is 12.1. The summed E-state index contributed by atoms with van der Waals surface area (Å²) in [6.07, 6.45) is -7.07. The molecule has 1 unspecified atom stereocenters. The van der Waals surface area contributed by atoms with E-state index in [9.17, 15) is 31.4 Å². The molecule has 1 atom stereocenters. The second-order valence-electron chi connectivity index (χ2n) is 9.11. The largest absolute Gasteiger partial charge is 0.434 e. The van der Waals surface area contributed by atoms with E-state index in [4.69, 9.17) is 23.2 Å². The third-order valence-electron chi connectivity index (χ3n) is 6.53. The van der Waals surface area contributed by atoms with Gasteiger partial charge in [0.25, 0.3) is 0 Å². The van der Waals surface area contributed by atoms with E-state index in [0.717, 1.165) is 33.7 Å². The molecule has 1 heterocycles. The zero-order valence-electron chi connectivity index (χ0n) is 22.0. The van der Waals surface area contributed by atoms with E-state index >= 15 is 0 Å². The number of aliphatic hydroxyl groups is 1. The van der Waals surface area contributed by atoms with Crippen molar-refractivity contribution in [1.82, 2.24) is 9.55 Å². The number of halogens is 7. The van der Waals surface area contributed by atoms with Crippen molar-refractivity contribution in [2.24, 2.45) is 11.6 Å². The molecule has 6 nitrogen and oxygen atoms in total. The highest BCUT2D eigenvalue weighted by atomic mass is 35.5. The quantitative estimate of drug-likeness (QED) is 0.0871. The Bertz CT molecular complexity index is 1620. The number of alkyl halides is 6. The number of anilines is 1. The lowest BCUT2D eigenvalue weighted by Crippen LogP contribution is -2.52. The zero-order valence-corrected chi connectivity index (χ0v) is 23.6. The molecule has 14 heteroatoms. The van der Waals surface area contributed by atoms with E-state index in [1.54, 1.807) is 18.2 Å². The molecular weight excluding hydrogens is 604 g/mol. The van der Waals surface area contributed by atoms with Gasteiger partial charge in [-0.05, 0) is 66.3 Å². The molecule has 222 valence electrons. The van der Waals surface area contributed by atoms with Crippen molar-refractivity contribution in [1.29, 1.82) is 0 Å². The van der Waals surface area contributed by atoms with Crippen LogP contribution in [0.15, 0.2) is 89.7 Å². The normalized spacial score (nSPS) is 14.1. The number of aryl methyl sites for hydroxylation is 1. The Morgan fingerprint density at radius 2 is 1.64 bits per heavy atom. The number of rotatable bonds is 7. The lowest BCUT2D eigenvalue weighted by atomic mass is 9.89. The monoisotopic (exact) mass is 627 g/mol. The molecule has 0 bridgehead atoms. The van der Waals surface area contributed by atoms with Crippen molar-refractivity contribution in [2.45, 2.75) is 29.8 Å². The van der Waals surface area contributed by atoms with Crippen LogP contribution in [0, 0.1) is 6.92 Å². The number of hydrogen-bond acceptors (Lipinski definition) is 6. The van der Waals surface area contributed by atoms with Crippen molar-refractivity contribution in [3.8, 4) is 16.8 Å². The van der Waals surface area contributed by atoms with Crippen LogP contribution >= 0.6 is 23.4 Å². The van der Waals surface area contributed by atoms with Gasteiger partial charge in [-0.25, -0.2) is 10.8 Å². The van der Waals surface area contributed by atoms with Gasteiger partial charge in [-0.2, -0.15) is 26.3 Å². The first-order chi connectivity index (χ1) is 19.6. The maximum atomic E-state index is 14.6. The lowest BCUT2D eigenvalue weighted by Gasteiger charge is -2.38. The van der Waals surface area contributed by atoms with Gasteiger partial charge in [-0.15, -0.1) is 11.8 Å². The number of hydrazine groups is 1. The Labute approximate surface area is 246 Å². The van der Waals surface area contributed by atoms with Crippen LogP contribution in [0.2, 0.25) is 5.02 Å². The fraction of sp³-hybridized carbons (Fsp3) is 0.179. The summed E-state index contributed by atoms with van der Waals surface area (Å²) < 4.78 is 85.5. The maximum absolute atomic E-state index is 14.6. The second kappa shape index (κ2) is 11.6. The first-order valence-corrected chi connectivity index (χ1v) is 13.7. The highest BCUT2D eigenvalue weighted by Gasteiger charge is 2.59. The summed E-state index contributed by atoms with van der Waals surface area (Å²) in [5.74, 6) is 6.21. The summed E-state index contributed by atoms with van der Waals surface area (Å²) >= 11 is 7.32. The molecule has 0 saturated carbocycles. The summed E-state index contributed by atoms with van der Waals surface area (Å²) in [5.41, 5.74) is -0.0455. The van der Waals surface area contributed by atoms with E-state index in [0.29, 0.717) is 28.5 Å². The molecule has 0 aliphatic carbocycles. The summed E-state index contributed by atoms with van der Waals surface area (Å²) in [5, 5.41) is 11.9. The van der Waals surface area contributed by atoms with E-state index in [2.05, 4.69) is 4.98 Å². The minimum Gasteiger partial charge on any atom is -0.403 e. The molecule has 0 aliphatic rings. The first kappa shape index (κ1) is 31.3. The third kappa shape index (κ3) is 5.82. The number of nitrogens with zero attached hydrogens (tertiary/aromatic N) is 3. The molecule has 4 rings (SSSR count). The van der Waals surface area contributed by atoms with E-state index < -0.39 is 34.9 Å². The number of aromatic nitrogens is 2. The van der Waals surface area contributed by atoms with E-state index in [1.807, 2.05) is 18.4 Å². The van der Waals surface area contributed by atoms with Gasteiger partial charge < -0.3 is 15.4 Å². The maximum Gasteiger partial charge on any atom is 0.434 e. The SMILES string of the molecule is CSc1cccc(-c2ccc(-n3cc(C(F)(F)F)nc3C)c(N(N)/C(=C\N)C(O)(c3ccc(Cl)cc3)C(F)(F)F)c2)c1. The average molecular weight is 628 g/mol. The van der Waals surface area contributed by atoms with Crippen LogP contribution in [0.1, 0.15) is 17.1 Å². The fourth-order valence-electron chi connectivity index (χ4n) is 4.41. The summed E-state index contributed by atoms with van der Waals surface area (Å²) in [6, 6.07) is 15.8. The van der Waals surface area contributed by atoms with Crippen LogP contribution in [0.4, 0.5) is 32.0 Å². The zero-order chi connectivity index (χ0) is 31.0. The van der Waals surface area contributed by atoms with Crippen molar-refractivity contribution in [3.63, 3.8) is 0 Å². The van der Waals surface area contributed by atoms with Gasteiger partial charge in [0.05, 0.1) is 17.1 Å². The Hall–Kier alpha value is -3.65. The number of nitrogens with two attached hydrogens (primary N) is 2. The highest BCUT2D eigenvalue weighted by molar-refractivity contribution is 7.98. The highest BCUT2D eigenvalue weighted by Crippen LogP contribution is 2.47. The molecule has 3 aromatic carbocycles. The minimum atomic E-state index is -5.34. The van der Waals surface area contributed by atoms with Gasteiger partial charge in [-0.1, -0.05) is 41.9 Å². The fourth-order valence-corrected chi connectivity index (χ4v) is 4.99. The Balaban J connectivity index is 1.98. The van der Waals surface area contributed by atoms with E-state index in [-0.39, 0.29) is 22.2 Å². The molecule has 1 aromatic heterocycles. The van der Waals surface area contributed by atoms with Crippen LogP contribution in [-0.2, 0) is 11.8 Å². The number of benzene rings is 3.